The lowest BCUT2D eigenvalue weighted by molar-refractivity contribution is -0.142. The number of benzene rings is 2. The van der Waals surface area contributed by atoms with Crippen molar-refractivity contribution in [2.45, 2.75) is 26.4 Å². The second kappa shape index (κ2) is 9.76. The third-order valence-electron chi connectivity index (χ3n) is 4.09. The maximum Gasteiger partial charge on any atom is 0.261 e. The molecule has 2 aromatic rings. The Labute approximate surface area is 172 Å². The second-order valence-corrected chi connectivity index (χ2v) is 7.49. The molecule has 0 aliphatic carbocycles. The molecule has 0 heterocycles. The van der Waals surface area contributed by atoms with E-state index >= 15 is 0 Å². The number of ether oxygens (including phenoxy) is 1. The highest BCUT2D eigenvalue weighted by Crippen LogP contribution is 2.27. The topological polar surface area (TPSA) is 58.6 Å². The molecule has 144 valence electrons. The maximum atomic E-state index is 12.8. The molecule has 0 saturated heterocycles. The molecule has 0 fully saturated rings. The fourth-order valence-corrected chi connectivity index (χ4v) is 3.34. The number of hydrogen-bond donors (Lipinski definition) is 1. The Hall–Kier alpha value is -2.05. The average molecular weight is 454 g/mol. The molecule has 5 nitrogen and oxygen atoms in total. The summed E-state index contributed by atoms with van der Waals surface area (Å²) in [5, 5.41) is 2.99. The van der Waals surface area contributed by atoms with Gasteiger partial charge in [-0.05, 0) is 37.6 Å². The predicted molar refractivity (Wildman–Crippen MR) is 110 cm³/mol. The lowest BCUT2D eigenvalue weighted by atomic mass is 10.1. The van der Waals surface area contributed by atoms with Crippen LogP contribution in [0, 0.1) is 6.92 Å². The third-order valence-corrected chi connectivity index (χ3v) is 4.88. The number of amides is 2. The number of nitrogens with one attached hydrogen (secondary N) is 1. The molecule has 0 bridgehead atoms. The first-order valence-electron chi connectivity index (χ1n) is 8.46. The molecule has 1 N–H and O–H groups in total. The average Bonchev–Trinajstić information content (AvgIpc) is 2.64. The number of halogens is 2. The minimum absolute atomic E-state index is 0.214. The highest BCUT2D eigenvalue weighted by molar-refractivity contribution is 9.10. The van der Waals surface area contributed by atoms with Gasteiger partial charge in [0.2, 0.25) is 5.91 Å². The largest absolute Gasteiger partial charge is 0.482 e. The minimum Gasteiger partial charge on any atom is -0.482 e. The summed E-state index contributed by atoms with van der Waals surface area (Å²) < 4.78 is 6.40. The maximum absolute atomic E-state index is 12.8. The smallest absolute Gasteiger partial charge is 0.261 e. The van der Waals surface area contributed by atoms with Gasteiger partial charge in [-0.2, -0.15) is 0 Å². The van der Waals surface area contributed by atoms with Gasteiger partial charge in [-0.15, -0.1) is 0 Å². The second-order valence-electron chi connectivity index (χ2n) is 6.16. The van der Waals surface area contributed by atoms with Crippen LogP contribution in [0.2, 0.25) is 5.02 Å². The molecule has 0 aliphatic rings. The number of carbonyl (C=O) groups excluding carboxylic acids is 2. The highest BCUT2D eigenvalue weighted by Gasteiger charge is 2.26. The van der Waals surface area contributed by atoms with Crippen molar-refractivity contribution in [1.82, 2.24) is 10.2 Å². The number of likely N-dealkylation sites (N-methyl/N-ethyl adjacent to an activating group) is 1. The van der Waals surface area contributed by atoms with E-state index < -0.39 is 6.04 Å². The van der Waals surface area contributed by atoms with Crippen molar-refractivity contribution in [3.05, 3.63) is 63.1 Å². The summed E-state index contributed by atoms with van der Waals surface area (Å²) in [4.78, 5) is 26.4. The van der Waals surface area contributed by atoms with Gasteiger partial charge in [0.05, 0.1) is 5.02 Å². The number of carbonyl (C=O) groups is 2. The fraction of sp³-hybridized carbons (Fsp3) is 0.300. The van der Waals surface area contributed by atoms with Crippen molar-refractivity contribution in [2.24, 2.45) is 0 Å². The van der Waals surface area contributed by atoms with Crippen LogP contribution < -0.4 is 10.1 Å². The van der Waals surface area contributed by atoms with Crippen LogP contribution in [0.4, 0.5) is 0 Å². The quantitative estimate of drug-likeness (QED) is 0.690. The van der Waals surface area contributed by atoms with Crippen molar-refractivity contribution < 1.29 is 14.3 Å². The summed E-state index contributed by atoms with van der Waals surface area (Å²) in [6.07, 6.45) is 0. The first-order valence-corrected chi connectivity index (χ1v) is 9.63. The molecular weight excluding hydrogens is 432 g/mol. The van der Waals surface area contributed by atoms with Crippen LogP contribution in [-0.4, -0.2) is 36.4 Å². The fourth-order valence-electron chi connectivity index (χ4n) is 2.61. The first kappa shape index (κ1) is 21.3. The van der Waals surface area contributed by atoms with E-state index in [0.717, 1.165) is 15.6 Å². The molecule has 1 atom stereocenters. The molecule has 0 aliphatic heterocycles. The van der Waals surface area contributed by atoms with Crippen LogP contribution in [0.1, 0.15) is 18.1 Å². The Morgan fingerprint density at radius 1 is 1.26 bits per heavy atom. The summed E-state index contributed by atoms with van der Waals surface area (Å²) in [6.45, 7) is 3.77. The Balaban J connectivity index is 2.15. The van der Waals surface area contributed by atoms with E-state index in [1.807, 2.05) is 31.2 Å². The lowest BCUT2D eigenvalue weighted by Crippen LogP contribution is -2.48. The SMILES string of the molecule is CNC(=O)[C@H](C)N(Cc1cccc(C)c1)C(=O)COc1ccc(Br)cc1Cl. The number of aryl methyl sites for hydroxylation is 1. The predicted octanol–water partition coefficient (Wildman–Crippen LogP) is 3.95. The van der Waals surface area contributed by atoms with Crippen molar-refractivity contribution in [1.29, 1.82) is 0 Å². The van der Waals surface area contributed by atoms with E-state index in [1.165, 1.54) is 4.90 Å². The monoisotopic (exact) mass is 452 g/mol. The van der Waals surface area contributed by atoms with Crippen molar-refractivity contribution in [2.75, 3.05) is 13.7 Å². The van der Waals surface area contributed by atoms with Crippen LogP contribution in [0.5, 0.6) is 5.75 Å². The normalized spacial score (nSPS) is 11.6. The Morgan fingerprint density at radius 3 is 2.63 bits per heavy atom. The molecule has 2 aromatic carbocycles. The van der Waals surface area contributed by atoms with E-state index in [2.05, 4.69) is 21.2 Å². The van der Waals surface area contributed by atoms with Gasteiger partial charge in [-0.3, -0.25) is 9.59 Å². The lowest BCUT2D eigenvalue weighted by Gasteiger charge is -2.28. The van der Waals surface area contributed by atoms with Gasteiger partial charge in [-0.1, -0.05) is 57.4 Å². The van der Waals surface area contributed by atoms with Crippen molar-refractivity contribution in [3.8, 4) is 5.75 Å². The summed E-state index contributed by atoms with van der Waals surface area (Å²) in [7, 11) is 1.55. The van der Waals surface area contributed by atoms with Gasteiger partial charge in [0.15, 0.2) is 6.61 Å². The summed E-state index contributed by atoms with van der Waals surface area (Å²) in [5.74, 6) is -0.124. The van der Waals surface area contributed by atoms with Crippen LogP contribution in [-0.2, 0) is 16.1 Å². The molecule has 0 aromatic heterocycles. The third kappa shape index (κ3) is 5.97. The number of hydrogen-bond acceptors (Lipinski definition) is 3. The zero-order valence-corrected chi connectivity index (χ0v) is 17.8. The van der Waals surface area contributed by atoms with Gasteiger partial charge in [0, 0.05) is 18.1 Å². The van der Waals surface area contributed by atoms with E-state index in [9.17, 15) is 9.59 Å². The van der Waals surface area contributed by atoms with E-state index in [-0.39, 0.29) is 18.4 Å². The molecule has 0 radical (unpaired) electrons. The summed E-state index contributed by atoms with van der Waals surface area (Å²) in [5.41, 5.74) is 2.03. The Bertz CT molecular complexity index is 829. The molecule has 7 heteroatoms. The van der Waals surface area contributed by atoms with Gasteiger partial charge in [0.25, 0.3) is 5.91 Å². The van der Waals surface area contributed by atoms with Crippen LogP contribution in [0.15, 0.2) is 46.9 Å². The summed E-state index contributed by atoms with van der Waals surface area (Å²) >= 11 is 9.46. The molecule has 2 amide bonds. The number of nitrogens with zero attached hydrogens (tertiary/aromatic N) is 1. The number of rotatable bonds is 7. The molecular formula is C20H22BrClN2O3. The van der Waals surface area contributed by atoms with Crippen LogP contribution in [0.3, 0.4) is 0 Å². The van der Waals surface area contributed by atoms with Gasteiger partial charge in [0.1, 0.15) is 11.8 Å². The van der Waals surface area contributed by atoms with Gasteiger partial charge >= 0.3 is 0 Å². The molecule has 0 spiro atoms. The summed E-state index contributed by atoms with van der Waals surface area (Å²) in [6, 6.07) is 12.4. The van der Waals surface area contributed by atoms with Gasteiger partial charge in [-0.25, -0.2) is 0 Å². The molecule has 27 heavy (non-hydrogen) atoms. The standard InChI is InChI=1S/C20H22BrClN2O3/c1-13-5-4-6-15(9-13)11-24(14(2)20(26)23-3)19(25)12-27-18-8-7-16(21)10-17(18)22/h4-10,14H,11-12H2,1-3H3,(H,23,26)/t14-/m0/s1. The van der Waals surface area contributed by atoms with E-state index in [4.69, 9.17) is 16.3 Å². The Kier molecular flexibility index (Phi) is 7.68. The van der Waals surface area contributed by atoms with E-state index in [1.54, 1.807) is 32.2 Å². The minimum atomic E-state index is -0.632. The highest BCUT2D eigenvalue weighted by atomic mass is 79.9. The molecule has 0 saturated carbocycles. The van der Waals surface area contributed by atoms with Crippen LogP contribution >= 0.6 is 27.5 Å². The van der Waals surface area contributed by atoms with Crippen molar-refractivity contribution in [3.63, 3.8) is 0 Å². The zero-order valence-electron chi connectivity index (χ0n) is 15.5. The first-order chi connectivity index (χ1) is 12.8. The van der Waals surface area contributed by atoms with E-state index in [0.29, 0.717) is 17.3 Å². The van der Waals surface area contributed by atoms with Crippen molar-refractivity contribution >= 4 is 39.3 Å². The molecule has 2 rings (SSSR count). The Morgan fingerprint density at radius 2 is 2.00 bits per heavy atom. The zero-order chi connectivity index (χ0) is 20.0. The van der Waals surface area contributed by atoms with Gasteiger partial charge < -0.3 is 15.0 Å². The van der Waals surface area contributed by atoms with Crippen LogP contribution in [0.25, 0.3) is 0 Å². The molecule has 0 unspecified atom stereocenters.